The van der Waals surface area contributed by atoms with Gasteiger partial charge in [-0.25, -0.2) is 4.79 Å². The molecule has 1 fully saturated rings. The van der Waals surface area contributed by atoms with E-state index >= 15 is 0 Å². The molecule has 1 N–H and O–H groups in total. The molecule has 0 bridgehead atoms. The van der Waals surface area contributed by atoms with Crippen LogP contribution in [0.2, 0.25) is 0 Å². The van der Waals surface area contributed by atoms with E-state index in [0.29, 0.717) is 12.2 Å². The maximum atomic E-state index is 13.1. The van der Waals surface area contributed by atoms with Crippen LogP contribution in [0.1, 0.15) is 28.1 Å². The largest absolute Gasteiger partial charge is 0.497 e. The Kier molecular flexibility index (Phi) is 3.31. The predicted molar refractivity (Wildman–Crippen MR) is 86.7 cm³/mol. The van der Waals surface area contributed by atoms with E-state index < -0.39 is 5.54 Å². The predicted octanol–water partition coefficient (Wildman–Crippen LogP) is 1.75. The molecular weight excluding hydrogens is 328 g/mol. The number of aromatic nitrogens is 2. The number of benzene rings is 1. The van der Waals surface area contributed by atoms with E-state index in [0.717, 1.165) is 28.1 Å². The Morgan fingerprint density at radius 1 is 1.42 bits per heavy atom. The van der Waals surface area contributed by atoms with Crippen LogP contribution in [0.15, 0.2) is 18.2 Å². The fourth-order valence-electron chi connectivity index (χ4n) is 3.42. The van der Waals surface area contributed by atoms with E-state index in [-0.39, 0.29) is 18.5 Å². The molecule has 1 aromatic heterocycles. The first-order valence-corrected chi connectivity index (χ1v) is 8.42. The lowest BCUT2D eigenvalue weighted by molar-refractivity contribution is -0.132. The standard InChI is InChI=1S/C16H16N4O3S/c1-9-13(24-19-18-9)8-20-14(21)16(17-15(20)22)6-5-10-3-4-11(23-2)7-12(10)16/h3-4,7H,5-6,8H2,1-2H3,(H,17,22). The highest BCUT2D eigenvalue weighted by atomic mass is 32.1. The van der Waals surface area contributed by atoms with Gasteiger partial charge in [-0.2, -0.15) is 0 Å². The Morgan fingerprint density at radius 3 is 2.96 bits per heavy atom. The Hall–Kier alpha value is -2.48. The second-order valence-electron chi connectivity index (χ2n) is 6.03. The summed E-state index contributed by atoms with van der Waals surface area (Å²) >= 11 is 1.21. The first-order valence-electron chi connectivity index (χ1n) is 7.64. The number of imide groups is 1. The SMILES string of the molecule is COc1ccc2c(c1)C1(CC2)NC(=O)N(Cc2snnc2C)C1=O. The third-order valence-electron chi connectivity index (χ3n) is 4.77. The van der Waals surface area contributed by atoms with Gasteiger partial charge in [0.2, 0.25) is 0 Å². The molecule has 7 nitrogen and oxygen atoms in total. The van der Waals surface area contributed by atoms with Crippen molar-refractivity contribution in [3.8, 4) is 5.75 Å². The fourth-order valence-corrected chi connectivity index (χ4v) is 4.04. The van der Waals surface area contributed by atoms with E-state index in [1.165, 1.54) is 16.4 Å². The lowest BCUT2D eigenvalue weighted by atomic mass is 9.91. The number of fused-ring (bicyclic) bond motifs is 2. The fraction of sp³-hybridized carbons (Fsp3) is 0.375. The maximum Gasteiger partial charge on any atom is 0.325 e. The molecule has 0 saturated carbocycles. The highest BCUT2D eigenvalue weighted by Gasteiger charge is 2.55. The Morgan fingerprint density at radius 2 is 2.25 bits per heavy atom. The summed E-state index contributed by atoms with van der Waals surface area (Å²) in [6.07, 6.45) is 1.32. The number of nitrogens with zero attached hydrogens (tertiary/aromatic N) is 3. The van der Waals surface area contributed by atoms with Crippen molar-refractivity contribution in [1.29, 1.82) is 0 Å². The number of hydrogen-bond acceptors (Lipinski definition) is 6. The smallest absolute Gasteiger partial charge is 0.325 e. The molecule has 2 aromatic rings. The minimum atomic E-state index is -0.979. The number of urea groups is 1. The van der Waals surface area contributed by atoms with Crippen LogP contribution >= 0.6 is 11.5 Å². The van der Waals surface area contributed by atoms with Crippen molar-refractivity contribution in [1.82, 2.24) is 19.8 Å². The molecule has 124 valence electrons. The first kappa shape index (κ1) is 15.1. The Balaban J connectivity index is 1.71. The van der Waals surface area contributed by atoms with Crippen LogP contribution in [0.3, 0.4) is 0 Å². The number of rotatable bonds is 3. The van der Waals surface area contributed by atoms with Crippen LogP contribution in [0, 0.1) is 6.92 Å². The van der Waals surface area contributed by atoms with Gasteiger partial charge in [-0.1, -0.05) is 10.6 Å². The molecule has 3 amide bonds. The minimum absolute atomic E-state index is 0.204. The van der Waals surface area contributed by atoms with E-state index in [1.54, 1.807) is 7.11 Å². The molecule has 8 heteroatoms. The van der Waals surface area contributed by atoms with Gasteiger partial charge in [0.25, 0.3) is 5.91 Å². The van der Waals surface area contributed by atoms with Crippen LogP contribution in [0.4, 0.5) is 4.79 Å². The molecule has 1 aliphatic heterocycles. The summed E-state index contributed by atoms with van der Waals surface area (Å²) in [5.74, 6) is 0.463. The molecule has 1 saturated heterocycles. The zero-order valence-electron chi connectivity index (χ0n) is 13.3. The monoisotopic (exact) mass is 344 g/mol. The van der Waals surface area contributed by atoms with Crippen molar-refractivity contribution in [2.45, 2.75) is 31.8 Å². The molecule has 2 heterocycles. The van der Waals surface area contributed by atoms with Gasteiger partial charge in [0.1, 0.15) is 11.3 Å². The van der Waals surface area contributed by atoms with Crippen molar-refractivity contribution in [2.24, 2.45) is 0 Å². The average Bonchev–Trinajstić information content (AvgIpc) is 3.22. The van der Waals surface area contributed by atoms with E-state index in [1.807, 2.05) is 25.1 Å². The zero-order chi connectivity index (χ0) is 16.9. The van der Waals surface area contributed by atoms with Gasteiger partial charge in [0, 0.05) is 0 Å². The van der Waals surface area contributed by atoms with Crippen LogP contribution < -0.4 is 10.1 Å². The van der Waals surface area contributed by atoms with Gasteiger partial charge < -0.3 is 10.1 Å². The van der Waals surface area contributed by atoms with Crippen LogP contribution in [0.5, 0.6) is 5.75 Å². The molecule has 1 atom stereocenters. The van der Waals surface area contributed by atoms with Crippen LogP contribution in [-0.2, 0) is 23.3 Å². The van der Waals surface area contributed by atoms with E-state index in [4.69, 9.17) is 4.74 Å². The van der Waals surface area contributed by atoms with Crippen LogP contribution in [-0.4, -0.2) is 33.5 Å². The highest BCUT2D eigenvalue weighted by molar-refractivity contribution is 7.05. The normalized spacial score (nSPS) is 22.2. The lowest BCUT2D eigenvalue weighted by Gasteiger charge is -2.22. The number of aryl methyl sites for hydroxylation is 2. The van der Waals surface area contributed by atoms with Gasteiger partial charge in [-0.15, -0.1) is 5.10 Å². The third kappa shape index (κ3) is 2.02. The molecule has 1 aromatic carbocycles. The van der Waals surface area contributed by atoms with Crippen molar-refractivity contribution in [2.75, 3.05) is 7.11 Å². The van der Waals surface area contributed by atoms with Gasteiger partial charge >= 0.3 is 6.03 Å². The molecular formula is C16H16N4O3S. The number of carbonyl (C=O) groups is 2. The number of amides is 3. The average molecular weight is 344 g/mol. The number of nitrogens with one attached hydrogen (secondary N) is 1. The van der Waals surface area contributed by atoms with Crippen molar-refractivity contribution < 1.29 is 14.3 Å². The van der Waals surface area contributed by atoms with Crippen molar-refractivity contribution in [3.05, 3.63) is 39.9 Å². The number of carbonyl (C=O) groups excluding carboxylic acids is 2. The van der Waals surface area contributed by atoms with Crippen molar-refractivity contribution >= 4 is 23.5 Å². The number of methoxy groups -OCH3 is 1. The van der Waals surface area contributed by atoms with Gasteiger partial charge in [0.05, 0.1) is 24.2 Å². The maximum absolute atomic E-state index is 13.1. The number of hydrogen-bond donors (Lipinski definition) is 1. The summed E-state index contributed by atoms with van der Waals surface area (Å²) in [4.78, 5) is 27.7. The first-order chi connectivity index (χ1) is 11.5. The second-order valence-corrected chi connectivity index (χ2v) is 6.87. The summed E-state index contributed by atoms with van der Waals surface area (Å²) in [6, 6.07) is 5.32. The third-order valence-corrected chi connectivity index (χ3v) is 5.58. The van der Waals surface area contributed by atoms with Gasteiger partial charge in [-0.05, 0) is 54.6 Å². The van der Waals surface area contributed by atoms with E-state index in [2.05, 4.69) is 14.9 Å². The zero-order valence-corrected chi connectivity index (χ0v) is 14.1. The molecule has 1 spiro atoms. The molecule has 1 unspecified atom stereocenters. The highest BCUT2D eigenvalue weighted by Crippen LogP contribution is 2.43. The molecule has 24 heavy (non-hydrogen) atoms. The topological polar surface area (TPSA) is 84.4 Å². The molecule has 1 aliphatic carbocycles. The molecule has 0 radical (unpaired) electrons. The Bertz CT molecular complexity index is 850. The quantitative estimate of drug-likeness (QED) is 0.858. The lowest BCUT2D eigenvalue weighted by Crippen LogP contribution is -2.41. The summed E-state index contributed by atoms with van der Waals surface area (Å²) in [6.45, 7) is 2.03. The van der Waals surface area contributed by atoms with Crippen molar-refractivity contribution in [3.63, 3.8) is 0 Å². The summed E-state index contributed by atoms with van der Waals surface area (Å²) < 4.78 is 9.15. The second kappa shape index (κ2) is 5.27. The van der Waals surface area contributed by atoms with Crippen LogP contribution in [0.25, 0.3) is 0 Å². The molecule has 2 aliphatic rings. The summed E-state index contributed by atoms with van der Waals surface area (Å²) in [5.41, 5.74) is 1.67. The van der Waals surface area contributed by atoms with Gasteiger partial charge in [-0.3, -0.25) is 9.69 Å². The molecule has 4 rings (SSSR count). The van der Waals surface area contributed by atoms with Gasteiger partial charge in [0.15, 0.2) is 0 Å². The Labute approximate surface area is 142 Å². The number of ether oxygens (including phenoxy) is 1. The summed E-state index contributed by atoms with van der Waals surface area (Å²) in [5, 5.41) is 6.85. The minimum Gasteiger partial charge on any atom is -0.497 e. The van der Waals surface area contributed by atoms with E-state index in [9.17, 15) is 9.59 Å². The summed E-state index contributed by atoms with van der Waals surface area (Å²) in [7, 11) is 1.59.